The van der Waals surface area contributed by atoms with E-state index in [1.54, 1.807) is 25.3 Å². The highest BCUT2D eigenvalue weighted by atomic mass is 32.2. The predicted octanol–water partition coefficient (Wildman–Crippen LogP) is 1.67. The highest BCUT2D eigenvalue weighted by Crippen LogP contribution is 2.17. The van der Waals surface area contributed by atoms with E-state index in [1.807, 2.05) is 20.8 Å². The molecule has 0 fully saturated rings. The predicted molar refractivity (Wildman–Crippen MR) is 71.2 cm³/mol. The summed E-state index contributed by atoms with van der Waals surface area (Å²) in [5.41, 5.74) is 0.644. The summed E-state index contributed by atoms with van der Waals surface area (Å²) in [4.78, 5) is 14.8. The molecule has 1 heterocycles. The third kappa shape index (κ3) is 3.96. The fourth-order valence-corrected chi connectivity index (χ4v) is 2.06. The number of ether oxygens (including phenoxy) is 1. The van der Waals surface area contributed by atoms with Gasteiger partial charge in [-0.05, 0) is 39.8 Å². The zero-order valence-electron chi connectivity index (χ0n) is 11.1. The van der Waals surface area contributed by atoms with Gasteiger partial charge in [0, 0.05) is 11.9 Å². The monoisotopic (exact) mass is 272 g/mol. The maximum Gasteiger partial charge on any atom is 0.330 e. The molecule has 0 amide bonds. The van der Waals surface area contributed by atoms with Crippen LogP contribution in [0.15, 0.2) is 18.3 Å². The van der Waals surface area contributed by atoms with E-state index in [4.69, 9.17) is 4.74 Å². The summed E-state index contributed by atoms with van der Waals surface area (Å²) in [7, 11) is -1.35. The van der Waals surface area contributed by atoms with Crippen molar-refractivity contribution in [1.82, 2.24) is 9.71 Å². The van der Waals surface area contributed by atoms with Gasteiger partial charge < -0.3 is 9.72 Å². The van der Waals surface area contributed by atoms with Crippen LogP contribution in [0.3, 0.4) is 0 Å². The van der Waals surface area contributed by atoms with Crippen molar-refractivity contribution in [2.75, 3.05) is 6.61 Å². The second-order valence-corrected chi connectivity index (χ2v) is 6.81. The van der Waals surface area contributed by atoms with Crippen molar-refractivity contribution in [1.29, 1.82) is 0 Å². The molecule has 0 aliphatic rings. The SMILES string of the molecule is CCOC(=O)[C@@H](NS(=O)C(C)(C)C)c1ccc[nH]1. The molecule has 2 atom stereocenters. The van der Waals surface area contributed by atoms with Gasteiger partial charge in [0.15, 0.2) is 6.04 Å². The lowest BCUT2D eigenvalue weighted by molar-refractivity contribution is -0.145. The average Bonchev–Trinajstić information content (AvgIpc) is 2.77. The maximum absolute atomic E-state index is 12.1. The topological polar surface area (TPSA) is 71.2 Å². The van der Waals surface area contributed by atoms with E-state index in [9.17, 15) is 9.00 Å². The van der Waals surface area contributed by atoms with Crippen LogP contribution in [-0.2, 0) is 20.5 Å². The van der Waals surface area contributed by atoms with Gasteiger partial charge in [0.1, 0.15) is 0 Å². The van der Waals surface area contributed by atoms with E-state index >= 15 is 0 Å². The number of hydrogen-bond acceptors (Lipinski definition) is 3. The Morgan fingerprint density at radius 1 is 1.56 bits per heavy atom. The third-order valence-electron chi connectivity index (χ3n) is 2.24. The summed E-state index contributed by atoms with van der Waals surface area (Å²) in [5.74, 6) is -0.433. The molecule has 1 aromatic heterocycles. The highest BCUT2D eigenvalue weighted by molar-refractivity contribution is 7.84. The van der Waals surface area contributed by atoms with Gasteiger partial charge in [0.05, 0.1) is 22.3 Å². The van der Waals surface area contributed by atoms with Crippen LogP contribution in [0.4, 0.5) is 0 Å². The lowest BCUT2D eigenvalue weighted by Gasteiger charge is -2.22. The van der Waals surface area contributed by atoms with Crippen molar-refractivity contribution in [3.8, 4) is 0 Å². The molecule has 18 heavy (non-hydrogen) atoms. The van der Waals surface area contributed by atoms with E-state index in [1.165, 1.54) is 0 Å². The van der Waals surface area contributed by atoms with Gasteiger partial charge in [-0.15, -0.1) is 0 Å². The lowest BCUT2D eigenvalue weighted by Crippen LogP contribution is -2.39. The van der Waals surface area contributed by atoms with Crippen LogP contribution in [0.2, 0.25) is 0 Å². The van der Waals surface area contributed by atoms with E-state index in [0.717, 1.165) is 0 Å². The number of aromatic amines is 1. The fourth-order valence-electron chi connectivity index (χ4n) is 1.27. The number of esters is 1. The minimum atomic E-state index is -1.35. The first kappa shape index (κ1) is 14.9. The second-order valence-electron chi connectivity index (χ2n) is 4.81. The standard InChI is InChI=1S/C12H20N2O3S/c1-5-17-11(15)10(9-7-6-8-13-9)14-18(16)12(2,3)4/h6-8,10,13-14H,5H2,1-4H3/t10-,18?/m0/s1. The zero-order chi connectivity index (χ0) is 13.8. The van der Waals surface area contributed by atoms with Crippen molar-refractivity contribution in [3.63, 3.8) is 0 Å². The molecule has 1 unspecified atom stereocenters. The van der Waals surface area contributed by atoms with Crippen LogP contribution in [0, 0.1) is 0 Å². The Bertz CT molecular complexity index is 409. The first-order valence-electron chi connectivity index (χ1n) is 5.84. The molecule has 0 saturated heterocycles. The van der Waals surface area contributed by atoms with Crippen LogP contribution in [0.5, 0.6) is 0 Å². The molecule has 0 aliphatic carbocycles. The van der Waals surface area contributed by atoms with Crippen LogP contribution in [0.25, 0.3) is 0 Å². The largest absolute Gasteiger partial charge is 0.465 e. The Balaban J connectivity index is 2.86. The fraction of sp³-hybridized carbons (Fsp3) is 0.583. The molecular formula is C12H20N2O3S. The molecule has 6 heteroatoms. The first-order valence-corrected chi connectivity index (χ1v) is 6.99. The number of H-pyrrole nitrogens is 1. The van der Waals surface area contributed by atoms with E-state index in [-0.39, 0.29) is 0 Å². The molecule has 0 radical (unpaired) electrons. The van der Waals surface area contributed by atoms with Gasteiger partial charge in [0.2, 0.25) is 0 Å². The van der Waals surface area contributed by atoms with Gasteiger partial charge in [0.25, 0.3) is 0 Å². The zero-order valence-corrected chi connectivity index (χ0v) is 12.0. The number of rotatable bonds is 5. The average molecular weight is 272 g/mol. The van der Waals surface area contributed by atoms with Crippen molar-refractivity contribution < 1.29 is 13.7 Å². The van der Waals surface area contributed by atoms with Gasteiger partial charge in [-0.2, -0.15) is 0 Å². The number of carbonyl (C=O) groups is 1. The molecule has 1 aromatic rings. The minimum absolute atomic E-state index is 0.292. The normalized spacial score (nSPS) is 15.1. The molecule has 2 N–H and O–H groups in total. The van der Waals surface area contributed by atoms with Crippen LogP contribution < -0.4 is 4.72 Å². The molecule has 0 aliphatic heterocycles. The summed E-state index contributed by atoms with van der Waals surface area (Å²) in [6, 6.07) is 2.80. The smallest absolute Gasteiger partial charge is 0.330 e. The summed E-state index contributed by atoms with van der Waals surface area (Å²) >= 11 is 0. The van der Waals surface area contributed by atoms with E-state index in [2.05, 4.69) is 9.71 Å². The van der Waals surface area contributed by atoms with Crippen molar-refractivity contribution >= 4 is 17.0 Å². The quantitative estimate of drug-likeness (QED) is 0.801. The van der Waals surface area contributed by atoms with Crippen molar-refractivity contribution in [2.45, 2.75) is 38.5 Å². The number of carbonyl (C=O) groups excluding carboxylic acids is 1. The van der Waals surface area contributed by atoms with Gasteiger partial charge >= 0.3 is 5.97 Å². The summed E-state index contributed by atoms with van der Waals surface area (Å²) in [6.07, 6.45) is 1.71. The minimum Gasteiger partial charge on any atom is -0.465 e. The number of hydrogen-bond donors (Lipinski definition) is 2. The third-order valence-corrected chi connectivity index (χ3v) is 3.80. The lowest BCUT2D eigenvalue weighted by atomic mass is 10.2. The molecule has 102 valence electrons. The van der Waals surface area contributed by atoms with Crippen molar-refractivity contribution in [3.05, 3.63) is 24.0 Å². The number of nitrogens with one attached hydrogen (secondary N) is 2. The summed E-state index contributed by atoms with van der Waals surface area (Å²) in [5, 5.41) is 0. The first-order chi connectivity index (χ1) is 8.36. The molecule has 0 aromatic carbocycles. The molecule has 5 nitrogen and oxygen atoms in total. The molecule has 0 bridgehead atoms. The van der Waals surface area contributed by atoms with Crippen molar-refractivity contribution in [2.24, 2.45) is 0 Å². The molecular weight excluding hydrogens is 252 g/mol. The Morgan fingerprint density at radius 2 is 2.22 bits per heavy atom. The van der Waals surface area contributed by atoms with E-state index in [0.29, 0.717) is 12.3 Å². The second kappa shape index (κ2) is 6.15. The Labute approximate surface area is 110 Å². The number of aromatic nitrogens is 1. The van der Waals surface area contributed by atoms with E-state index < -0.39 is 27.7 Å². The van der Waals surface area contributed by atoms with Crippen LogP contribution in [0.1, 0.15) is 39.4 Å². The van der Waals surface area contributed by atoms with Crippen LogP contribution in [-0.4, -0.2) is 26.5 Å². The highest BCUT2D eigenvalue weighted by Gasteiger charge is 2.29. The summed E-state index contributed by atoms with van der Waals surface area (Å²) in [6.45, 7) is 7.55. The Kier molecular flexibility index (Phi) is 5.10. The van der Waals surface area contributed by atoms with Gasteiger partial charge in [-0.25, -0.2) is 13.7 Å². The molecule has 0 spiro atoms. The van der Waals surface area contributed by atoms with Gasteiger partial charge in [-0.1, -0.05) is 0 Å². The molecule has 0 saturated carbocycles. The van der Waals surface area contributed by atoms with Gasteiger partial charge in [-0.3, -0.25) is 0 Å². The van der Waals surface area contributed by atoms with Crippen LogP contribution >= 0.6 is 0 Å². The Hall–Kier alpha value is -1.14. The molecule has 1 rings (SSSR count). The summed E-state index contributed by atoms with van der Waals surface area (Å²) < 4.78 is 19.4. The maximum atomic E-state index is 12.1. The Morgan fingerprint density at radius 3 is 2.67 bits per heavy atom.